The fourth-order valence-electron chi connectivity index (χ4n) is 0.650. The van der Waals surface area contributed by atoms with E-state index in [0.29, 0.717) is 5.84 Å². The number of amidine groups is 1. The highest BCUT2D eigenvalue weighted by molar-refractivity contribution is 9.11. The Kier molecular flexibility index (Phi) is 2.51. The van der Waals surface area contributed by atoms with Crippen molar-refractivity contribution in [2.45, 2.75) is 6.92 Å². The lowest BCUT2D eigenvalue weighted by atomic mass is 10.3. The van der Waals surface area contributed by atoms with E-state index in [4.69, 9.17) is 11.6 Å². The number of nitrogens with zero attached hydrogens (tertiary/aromatic N) is 1. The molecular formula is C6H8BrN3S. The summed E-state index contributed by atoms with van der Waals surface area (Å²) in [6.07, 6.45) is 0. The van der Waals surface area contributed by atoms with Crippen LogP contribution < -0.4 is 11.6 Å². The highest BCUT2D eigenvalue weighted by Gasteiger charge is 2.04. The van der Waals surface area contributed by atoms with Crippen LogP contribution in [0.5, 0.6) is 0 Å². The van der Waals surface area contributed by atoms with E-state index in [1.54, 1.807) is 0 Å². The first-order valence-electron chi connectivity index (χ1n) is 2.95. The van der Waals surface area contributed by atoms with E-state index in [-0.39, 0.29) is 0 Å². The molecule has 4 N–H and O–H groups in total. The first kappa shape index (κ1) is 8.55. The molecule has 0 fully saturated rings. The Morgan fingerprint density at radius 3 is 2.73 bits per heavy atom. The number of thiophene rings is 1. The normalized spacial score (nSPS) is 12.0. The summed E-state index contributed by atoms with van der Waals surface area (Å²) in [6.45, 7) is 1.99. The summed E-state index contributed by atoms with van der Waals surface area (Å²) in [6, 6.07) is 1.94. The zero-order valence-corrected chi connectivity index (χ0v) is 8.37. The average molecular weight is 234 g/mol. The number of rotatable bonds is 1. The Bertz CT molecular complexity index is 273. The quantitative estimate of drug-likeness (QED) is 0.334. The van der Waals surface area contributed by atoms with Gasteiger partial charge in [-0.3, -0.25) is 0 Å². The number of hydrogen-bond acceptors (Lipinski definition) is 3. The van der Waals surface area contributed by atoms with Crippen molar-refractivity contribution in [2.24, 2.45) is 16.7 Å². The summed E-state index contributed by atoms with van der Waals surface area (Å²) in [7, 11) is 0. The Hall–Kier alpha value is -0.550. The monoisotopic (exact) mass is 233 g/mol. The van der Waals surface area contributed by atoms with Gasteiger partial charge in [0.25, 0.3) is 0 Å². The van der Waals surface area contributed by atoms with Gasteiger partial charge in [-0.15, -0.1) is 11.3 Å². The van der Waals surface area contributed by atoms with Crippen molar-refractivity contribution in [2.75, 3.05) is 0 Å². The molecule has 0 unspecified atom stereocenters. The maximum atomic E-state index is 5.49. The van der Waals surface area contributed by atoms with Gasteiger partial charge in [-0.1, -0.05) is 0 Å². The number of aryl methyl sites for hydroxylation is 1. The Labute approximate surface area is 77.2 Å². The predicted octanol–water partition coefficient (Wildman–Crippen LogP) is 1.40. The number of hydrogen-bond donors (Lipinski definition) is 2. The minimum Gasteiger partial charge on any atom is -0.381 e. The number of hydrazone groups is 1. The molecule has 1 rings (SSSR count). The largest absolute Gasteiger partial charge is 0.381 e. The number of nitrogens with two attached hydrogens (primary N) is 2. The molecule has 0 radical (unpaired) electrons. The van der Waals surface area contributed by atoms with E-state index in [1.165, 1.54) is 11.3 Å². The summed E-state index contributed by atoms with van der Waals surface area (Å²) < 4.78 is 1.07. The van der Waals surface area contributed by atoms with Gasteiger partial charge in [0.15, 0.2) is 5.84 Å². The first-order valence-corrected chi connectivity index (χ1v) is 4.55. The van der Waals surface area contributed by atoms with Crippen molar-refractivity contribution in [1.82, 2.24) is 0 Å². The van der Waals surface area contributed by atoms with E-state index in [0.717, 1.165) is 14.2 Å². The molecule has 0 aliphatic heterocycles. The van der Waals surface area contributed by atoms with E-state index in [2.05, 4.69) is 21.0 Å². The minimum absolute atomic E-state index is 0.379. The lowest BCUT2D eigenvalue weighted by molar-refractivity contribution is 1.23. The highest BCUT2D eigenvalue weighted by Crippen LogP contribution is 2.26. The van der Waals surface area contributed by atoms with E-state index in [1.807, 2.05) is 13.0 Å². The van der Waals surface area contributed by atoms with E-state index in [9.17, 15) is 0 Å². The predicted molar refractivity (Wildman–Crippen MR) is 51.7 cm³/mol. The molecule has 0 aliphatic rings. The molecule has 3 nitrogen and oxygen atoms in total. The molecule has 1 heterocycles. The summed E-state index contributed by atoms with van der Waals surface area (Å²) in [5.74, 6) is 5.40. The zero-order chi connectivity index (χ0) is 8.43. The molecule has 0 aromatic carbocycles. The molecule has 0 spiro atoms. The molecule has 0 atom stereocenters. The molecule has 0 saturated carbocycles. The van der Waals surface area contributed by atoms with Crippen molar-refractivity contribution >= 4 is 33.1 Å². The topological polar surface area (TPSA) is 64.4 Å². The van der Waals surface area contributed by atoms with Crippen molar-refractivity contribution in [1.29, 1.82) is 0 Å². The molecule has 1 aromatic heterocycles. The summed E-state index contributed by atoms with van der Waals surface area (Å²) in [5, 5.41) is 3.40. The van der Waals surface area contributed by atoms with E-state index >= 15 is 0 Å². The third-order valence-electron chi connectivity index (χ3n) is 1.25. The van der Waals surface area contributed by atoms with Gasteiger partial charge in [0, 0.05) is 0 Å². The maximum Gasteiger partial charge on any atom is 0.160 e. The van der Waals surface area contributed by atoms with Gasteiger partial charge in [-0.05, 0) is 34.5 Å². The van der Waals surface area contributed by atoms with Crippen LogP contribution in [-0.2, 0) is 0 Å². The van der Waals surface area contributed by atoms with Crippen LogP contribution in [0.2, 0.25) is 0 Å². The summed E-state index contributed by atoms with van der Waals surface area (Å²) >= 11 is 4.91. The van der Waals surface area contributed by atoms with Crippen LogP contribution in [0.4, 0.5) is 0 Å². The lowest BCUT2D eigenvalue weighted by Gasteiger charge is -1.89. The SMILES string of the molecule is Cc1cc(C(N)=NN)sc1Br. The van der Waals surface area contributed by atoms with Crippen molar-refractivity contribution < 1.29 is 0 Å². The van der Waals surface area contributed by atoms with Crippen molar-refractivity contribution in [3.8, 4) is 0 Å². The molecule has 5 heteroatoms. The first-order chi connectivity index (χ1) is 5.15. The smallest absolute Gasteiger partial charge is 0.160 e. The minimum atomic E-state index is 0.379. The molecule has 0 saturated heterocycles. The Balaban J connectivity index is 3.07. The van der Waals surface area contributed by atoms with Crippen LogP contribution in [-0.4, -0.2) is 5.84 Å². The maximum absolute atomic E-state index is 5.49. The Morgan fingerprint density at radius 1 is 1.73 bits per heavy atom. The third-order valence-corrected chi connectivity index (χ3v) is 3.41. The van der Waals surface area contributed by atoms with Crippen LogP contribution in [0, 0.1) is 6.92 Å². The van der Waals surface area contributed by atoms with Crippen molar-refractivity contribution in [3.63, 3.8) is 0 Å². The van der Waals surface area contributed by atoms with Gasteiger partial charge in [0.1, 0.15) is 0 Å². The van der Waals surface area contributed by atoms with Crippen molar-refractivity contribution in [3.05, 3.63) is 20.3 Å². The lowest BCUT2D eigenvalue weighted by Crippen LogP contribution is -2.13. The van der Waals surface area contributed by atoms with Gasteiger partial charge in [-0.2, -0.15) is 5.10 Å². The van der Waals surface area contributed by atoms with Gasteiger partial charge in [-0.25, -0.2) is 0 Å². The Morgan fingerprint density at radius 2 is 2.36 bits per heavy atom. The van der Waals surface area contributed by atoms with Gasteiger partial charge < -0.3 is 11.6 Å². The third kappa shape index (κ3) is 1.72. The molecule has 0 bridgehead atoms. The van der Waals surface area contributed by atoms with Crippen LogP contribution in [0.1, 0.15) is 10.4 Å². The fraction of sp³-hybridized carbons (Fsp3) is 0.167. The average Bonchev–Trinajstić information content (AvgIpc) is 2.31. The molecule has 11 heavy (non-hydrogen) atoms. The molecule has 0 amide bonds. The molecular weight excluding hydrogens is 226 g/mol. The molecule has 0 aliphatic carbocycles. The zero-order valence-electron chi connectivity index (χ0n) is 5.97. The van der Waals surface area contributed by atoms with Crippen LogP contribution in [0.3, 0.4) is 0 Å². The van der Waals surface area contributed by atoms with Crippen LogP contribution in [0.15, 0.2) is 15.0 Å². The van der Waals surface area contributed by atoms with Crippen LogP contribution >= 0.6 is 27.3 Å². The summed E-state index contributed by atoms with van der Waals surface area (Å²) in [4.78, 5) is 0.900. The standard InChI is InChI=1S/C6H8BrN3S/c1-3-2-4(6(8)10-9)11-5(3)7/h2H,9H2,1H3,(H2,8,10). The van der Waals surface area contributed by atoms with Crippen LogP contribution in [0.25, 0.3) is 0 Å². The highest BCUT2D eigenvalue weighted by atomic mass is 79.9. The van der Waals surface area contributed by atoms with Gasteiger partial charge in [0.05, 0.1) is 8.66 Å². The second-order valence-corrected chi connectivity index (χ2v) is 4.45. The molecule has 60 valence electrons. The van der Waals surface area contributed by atoms with E-state index < -0.39 is 0 Å². The van der Waals surface area contributed by atoms with Gasteiger partial charge >= 0.3 is 0 Å². The molecule has 1 aromatic rings. The van der Waals surface area contributed by atoms with Gasteiger partial charge in [0.2, 0.25) is 0 Å². The second kappa shape index (κ2) is 3.23. The second-order valence-electron chi connectivity index (χ2n) is 2.08. The summed E-state index contributed by atoms with van der Waals surface area (Å²) in [5.41, 5.74) is 6.64. The number of halogens is 1. The fourth-order valence-corrected chi connectivity index (χ4v) is 2.09.